The first-order chi connectivity index (χ1) is 9.98. The summed E-state index contributed by atoms with van der Waals surface area (Å²) in [5, 5.41) is 0. The van der Waals surface area contributed by atoms with Crippen LogP contribution in [-0.4, -0.2) is 16.0 Å². The number of imidazole rings is 1. The molecule has 0 saturated heterocycles. The molecule has 0 atom stereocenters. The van der Waals surface area contributed by atoms with E-state index >= 15 is 0 Å². The van der Waals surface area contributed by atoms with E-state index in [1.54, 1.807) is 0 Å². The van der Waals surface area contributed by atoms with Crippen LogP contribution in [0.3, 0.4) is 0 Å². The summed E-state index contributed by atoms with van der Waals surface area (Å²) in [5.41, 5.74) is 0.593. The fourth-order valence-corrected chi connectivity index (χ4v) is 5.24. The van der Waals surface area contributed by atoms with E-state index in [0.717, 1.165) is 12.5 Å². The fourth-order valence-electron chi connectivity index (χ4n) is 3.25. The maximum Gasteiger partial charge on any atom is 0.0408 e. The topological polar surface area (TPSA) is 13.1 Å². The quantitative estimate of drug-likeness (QED) is 0.252. The molecule has 0 aliphatic heterocycles. The van der Waals surface area contributed by atoms with E-state index in [0.29, 0.717) is 5.54 Å². The number of allylic oxidation sites excluding steroid dienone is 1. The van der Waals surface area contributed by atoms with E-state index in [4.69, 9.17) is 0 Å². The predicted molar refractivity (Wildman–Crippen MR) is 101 cm³/mol. The molecule has 3 fully saturated rings. The molecule has 0 unspecified atom stereocenters. The molecular formula is C15H23I2N3Pt. The van der Waals surface area contributed by atoms with Crippen LogP contribution in [0.15, 0.2) is 25.0 Å². The number of rotatable bonds is 3. The minimum Gasteiger partial charge on any atom is -0.182 e. The molecule has 0 amide bonds. The summed E-state index contributed by atoms with van der Waals surface area (Å²) in [4.78, 5) is 0. The molecule has 3 saturated carbocycles. The molecule has 21 heavy (non-hydrogen) atoms. The van der Waals surface area contributed by atoms with E-state index in [2.05, 4.69) is 82.1 Å². The van der Waals surface area contributed by atoms with Crippen molar-refractivity contribution in [1.82, 2.24) is 10.5 Å². The molecule has 3 aliphatic rings. The third-order valence-corrected chi connectivity index (χ3v) is 8.20. The molecule has 2 bridgehead atoms. The minimum atomic E-state index is 0.593. The van der Waals surface area contributed by atoms with Crippen LogP contribution in [0.1, 0.15) is 38.5 Å². The van der Waals surface area contributed by atoms with E-state index in [1.807, 2.05) is 25.5 Å². The van der Waals surface area contributed by atoms with Crippen LogP contribution in [-0.2, 0) is 32.9 Å². The molecule has 1 heterocycles. The van der Waals surface area contributed by atoms with Gasteiger partial charge in [0.2, 0.25) is 0 Å². The molecule has 4 rings (SSSR count). The van der Waals surface area contributed by atoms with Gasteiger partial charge in [0.1, 0.15) is 0 Å². The maximum absolute atomic E-state index is 3.67. The second kappa shape index (κ2) is 8.24. The average Bonchev–Trinajstić information content (AvgIpc) is 2.82. The second-order valence-electron chi connectivity index (χ2n) is 6.03. The molecule has 1 aromatic rings. The van der Waals surface area contributed by atoms with Crippen molar-refractivity contribution in [3.63, 3.8) is 0 Å². The van der Waals surface area contributed by atoms with Gasteiger partial charge in [-0.1, -0.05) is 0 Å². The molecule has 6 heteroatoms. The van der Waals surface area contributed by atoms with Gasteiger partial charge in [-0.2, -0.15) is 1.33 Å². The van der Waals surface area contributed by atoms with Gasteiger partial charge < -0.3 is 0 Å². The summed E-state index contributed by atoms with van der Waals surface area (Å²) in [6.45, 7) is 4.56. The van der Waals surface area contributed by atoms with Crippen LogP contribution in [0.25, 0.3) is 0 Å². The van der Waals surface area contributed by atoms with Gasteiger partial charge in [0, 0.05) is 51.3 Å². The van der Waals surface area contributed by atoms with Crippen molar-refractivity contribution in [1.29, 1.82) is 0 Å². The van der Waals surface area contributed by atoms with Crippen molar-refractivity contribution in [2.75, 3.05) is 0 Å². The van der Waals surface area contributed by atoms with Gasteiger partial charge in [-0.25, -0.2) is 0 Å². The van der Waals surface area contributed by atoms with Gasteiger partial charge in [-0.3, -0.25) is 0 Å². The average molecular weight is 694 g/mol. The number of fused-ring (bicyclic) bond motifs is 3. The van der Waals surface area contributed by atoms with E-state index in [9.17, 15) is 0 Å². The number of hydrogen-bond donors (Lipinski definition) is 0. The van der Waals surface area contributed by atoms with E-state index in [1.165, 1.54) is 42.3 Å². The van der Waals surface area contributed by atoms with E-state index in [-0.39, 0.29) is 0 Å². The van der Waals surface area contributed by atoms with Crippen LogP contribution in [0, 0.1) is 9.72 Å². The zero-order valence-corrected chi connectivity index (χ0v) is 19.0. The first-order valence-corrected chi connectivity index (χ1v) is 10.4. The Morgan fingerprint density at radius 3 is 2.24 bits per heavy atom. The number of hydrogen-bond acceptors (Lipinski definition) is 1. The standard InChI is InChI=1S/C8H13I2N.C7H10N2.Pt/c9-11(10)8-4-1-7(2-5-8)3-6-8;1-3-4-9-6-5-8(2)7-9;/h7H,1-6H2;3,5-6H,1,4H2,2H3;. The number of halogens is 2. The summed E-state index contributed by atoms with van der Waals surface area (Å²) < 4.78 is 7.84. The third-order valence-electron chi connectivity index (χ3n) is 4.70. The monoisotopic (exact) mass is 694 g/mol. The van der Waals surface area contributed by atoms with Crippen molar-refractivity contribution < 1.29 is 19.4 Å². The Morgan fingerprint density at radius 1 is 1.33 bits per heavy atom. The second-order valence-corrected chi connectivity index (χ2v) is 10.8. The SMILES string of the molecule is C=CCn1ccn(C)[c]1=[Pt].IN(I)C12CCC(CC1)CC2. The van der Waals surface area contributed by atoms with Crippen LogP contribution in [0.2, 0.25) is 0 Å². The summed E-state index contributed by atoms with van der Waals surface area (Å²) in [7, 11) is 2.03. The largest absolute Gasteiger partial charge is 0.182 e. The van der Waals surface area contributed by atoms with Crippen molar-refractivity contribution in [2.45, 2.75) is 50.6 Å². The van der Waals surface area contributed by atoms with Gasteiger partial charge >= 0.3 is 70.9 Å². The van der Waals surface area contributed by atoms with Gasteiger partial charge in [0.05, 0.1) is 0 Å². The molecule has 0 radical (unpaired) electrons. The molecule has 0 spiro atoms. The van der Waals surface area contributed by atoms with Gasteiger partial charge in [0.15, 0.2) is 0 Å². The molecule has 122 valence electrons. The van der Waals surface area contributed by atoms with Crippen LogP contribution in [0.4, 0.5) is 0 Å². The Kier molecular flexibility index (Phi) is 7.22. The molecule has 1 aromatic heterocycles. The Labute approximate surface area is 166 Å². The maximum atomic E-state index is 3.67. The normalized spacial score (nSPS) is 27.4. The first-order valence-electron chi connectivity index (χ1n) is 7.38. The minimum absolute atomic E-state index is 0.593. The summed E-state index contributed by atoms with van der Waals surface area (Å²) >= 11 is 7.20. The van der Waals surface area contributed by atoms with Crippen molar-refractivity contribution in [2.24, 2.45) is 13.0 Å². The third kappa shape index (κ3) is 4.54. The molecule has 0 N–H and O–H groups in total. The Hall–Kier alpha value is 1.06. The van der Waals surface area contributed by atoms with Crippen LogP contribution >= 0.6 is 45.7 Å². The number of aromatic nitrogens is 2. The van der Waals surface area contributed by atoms with Crippen LogP contribution in [0.5, 0.6) is 0 Å². The van der Waals surface area contributed by atoms with Crippen molar-refractivity contribution >= 4 is 45.7 Å². The summed E-state index contributed by atoms with van der Waals surface area (Å²) in [6.07, 6.45) is 14.8. The zero-order valence-electron chi connectivity index (χ0n) is 12.4. The van der Waals surface area contributed by atoms with E-state index < -0.39 is 0 Å². The first kappa shape index (κ1) is 18.4. The zero-order chi connectivity index (χ0) is 15.5. The molecular weight excluding hydrogens is 671 g/mol. The van der Waals surface area contributed by atoms with Crippen LogP contribution < -0.4 is 0 Å². The Bertz CT molecular complexity index is 513. The van der Waals surface area contributed by atoms with Crippen molar-refractivity contribution in [3.05, 3.63) is 28.9 Å². The summed E-state index contributed by atoms with van der Waals surface area (Å²) in [6, 6.07) is 0. The predicted octanol–water partition coefficient (Wildman–Crippen LogP) is 4.80. The molecule has 3 nitrogen and oxygen atoms in total. The van der Waals surface area contributed by atoms with Gasteiger partial charge in [-0.15, -0.1) is 0 Å². The van der Waals surface area contributed by atoms with Gasteiger partial charge in [-0.05, 0) is 44.4 Å². The summed E-state index contributed by atoms with van der Waals surface area (Å²) in [5.74, 6) is 1.09. The fraction of sp³-hybridized carbons (Fsp3) is 0.667. The number of aryl methyl sites for hydroxylation is 1. The molecule has 3 aliphatic carbocycles. The van der Waals surface area contributed by atoms with Gasteiger partial charge in [0.25, 0.3) is 0 Å². The Balaban J connectivity index is 0.000000155. The smallest absolute Gasteiger partial charge is 0.0408 e. The van der Waals surface area contributed by atoms with Crippen molar-refractivity contribution in [3.8, 4) is 0 Å². The molecule has 0 aromatic carbocycles. The number of nitrogens with zero attached hydrogens (tertiary/aromatic N) is 3. The Morgan fingerprint density at radius 2 is 1.90 bits per heavy atom.